The van der Waals surface area contributed by atoms with Crippen LogP contribution in [0.1, 0.15) is 22.3 Å². The number of rotatable bonds is 3. The Morgan fingerprint density at radius 3 is 1.87 bits per heavy atom. The summed E-state index contributed by atoms with van der Waals surface area (Å²) >= 11 is 3.76. The molecule has 1 heterocycles. The Morgan fingerprint density at radius 2 is 1.10 bits per heavy atom. The maximum atomic E-state index is 3.76. The number of fused-ring (bicyclic) bond motifs is 6. The van der Waals surface area contributed by atoms with Crippen LogP contribution >= 0.6 is 15.9 Å². The van der Waals surface area contributed by atoms with E-state index >= 15 is 0 Å². The van der Waals surface area contributed by atoms with Gasteiger partial charge in [-0.1, -0.05) is 137 Å². The van der Waals surface area contributed by atoms with E-state index in [9.17, 15) is 0 Å². The van der Waals surface area contributed by atoms with Gasteiger partial charge in [0.05, 0.1) is 22.1 Å². The molecule has 0 spiro atoms. The van der Waals surface area contributed by atoms with Crippen molar-refractivity contribution in [3.05, 3.63) is 172 Å². The van der Waals surface area contributed by atoms with Gasteiger partial charge in [0.15, 0.2) is 0 Å². The lowest BCUT2D eigenvalue weighted by Gasteiger charge is -2.35. The molecular formula is C37H24BrN. The van der Waals surface area contributed by atoms with Gasteiger partial charge < -0.3 is 4.57 Å². The molecule has 0 unspecified atom stereocenters. The van der Waals surface area contributed by atoms with E-state index in [0.717, 1.165) is 4.47 Å². The molecule has 1 aliphatic rings. The van der Waals surface area contributed by atoms with Crippen molar-refractivity contribution in [1.82, 2.24) is 4.57 Å². The highest BCUT2D eigenvalue weighted by molar-refractivity contribution is 9.10. The summed E-state index contributed by atoms with van der Waals surface area (Å²) < 4.78 is 3.55. The summed E-state index contributed by atoms with van der Waals surface area (Å²) in [5.74, 6) is 0. The Morgan fingerprint density at radius 1 is 0.487 bits per heavy atom. The van der Waals surface area contributed by atoms with Crippen LogP contribution in [0.15, 0.2) is 150 Å². The first-order valence-electron chi connectivity index (χ1n) is 13.3. The van der Waals surface area contributed by atoms with Gasteiger partial charge in [0, 0.05) is 20.8 Å². The van der Waals surface area contributed by atoms with Crippen molar-refractivity contribution >= 4 is 37.7 Å². The molecule has 0 saturated heterocycles. The summed E-state index contributed by atoms with van der Waals surface area (Å²) in [5, 5.41) is 2.52. The summed E-state index contributed by atoms with van der Waals surface area (Å²) in [4.78, 5) is 0. The van der Waals surface area contributed by atoms with Gasteiger partial charge >= 0.3 is 0 Å². The third-order valence-electron chi connectivity index (χ3n) is 8.33. The zero-order valence-electron chi connectivity index (χ0n) is 21.2. The number of halogens is 1. The molecule has 1 nitrogen and oxygen atoms in total. The fourth-order valence-corrected chi connectivity index (χ4v) is 7.22. The molecule has 1 aliphatic carbocycles. The Labute approximate surface area is 236 Å². The fraction of sp³-hybridized carbons (Fsp3) is 0.0270. The van der Waals surface area contributed by atoms with Crippen molar-refractivity contribution in [2.24, 2.45) is 0 Å². The SMILES string of the molecule is Brc1ccc2c3ccccc3n(-c3cccc4c3C(c3ccccc3)(c3ccccc3)c3ccccc3-4)c2c1. The van der Waals surface area contributed by atoms with E-state index in [2.05, 4.69) is 166 Å². The molecule has 0 aliphatic heterocycles. The van der Waals surface area contributed by atoms with Gasteiger partial charge in [-0.05, 0) is 52.1 Å². The highest BCUT2D eigenvalue weighted by atomic mass is 79.9. The highest BCUT2D eigenvalue weighted by Gasteiger charge is 2.47. The van der Waals surface area contributed by atoms with Crippen LogP contribution in [0.5, 0.6) is 0 Å². The minimum absolute atomic E-state index is 0.464. The molecule has 1 aromatic heterocycles. The van der Waals surface area contributed by atoms with E-state index in [1.165, 1.54) is 60.9 Å². The van der Waals surface area contributed by atoms with E-state index in [0.29, 0.717) is 0 Å². The van der Waals surface area contributed by atoms with Gasteiger partial charge in [0.25, 0.3) is 0 Å². The normalized spacial score (nSPS) is 13.5. The molecule has 0 fully saturated rings. The third-order valence-corrected chi connectivity index (χ3v) is 8.82. The van der Waals surface area contributed by atoms with Gasteiger partial charge in [0.2, 0.25) is 0 Å². The smallest absolute Gasteiger partial charge is 0.0734 e. The second kappa shape index (κ2) is 8.56. The van der Waals surface area contributed by atoms with Crippen LogP contribution < -0.4 is 0 Å². The first-order valence-corrected chi connectivity index (χ1v) is 14.1. The zero-order valence-corrected chi connectivity index (χ0v) is 22.8. The van der Waals surface area contributed by atoms with Crippen LogP contribution in [0.3, 0.4) is 0 Å². The molecule has 7 aromatic rings. The van der Waals surface area contributed by atoms with Crippen molar-refractivity contribution < 1.29 is 0 Å². The molecular weight excluding hydrogens is 538 g/mol. The molecule has 8 rings (SSSR count). The standard InChI is InChI=1S/C37H24BrN/c38-27-22-23-30-29-17-8-10-20-33(29)39(35(30)24-27)34-21-11-18-31-28-16-7-9-19-32(28)37(36(31)34,25-12-3-1-4-13-25)26-14-5-2-6-15-26/h1-24H. The lowest BCUT2D eigenvalue weighted by Crippen LogP contribution is -2.29. The molecule has 184 valence electrons. The Kier molecular flexibility index (Phi) is 4.95. The fourth-order valence-electron chi connectivity index (χ4n) is 6.87. The Hall–Kier alpha value is -4.40. The summed E-state index contributed by atoms with van der Waals surface area (Å²) in [5.41, 5.74) is 10.9. The lowest BCUT2D eigenvalue weighted by molar-refractivity contribution is 0.762. The Bertz CT molecular complexity index is 1980. The average molecular weight is 563 g/mol. The Balaban J connectivity index is 1.60. The molecule has 0 N–H and O–H groups in total. The largest absolute Gasteiger partial charge is 0.309 e. The molecule has 0 bridgehead atoms. The maximum absolute atomic E-state index is 3.76. The van der Waals surface area contributed by atoms with Crippen molar-refractivity contribution in [3.8, 4) is 16.8 Å². The van der Waals surface area contributed by atoms with Crippen LogP contribution in [-0.4, -0.2) is 4.57 Å². The monoisotopic (exact) mass is 561 g/mol. The van der Waals surface area contributed by atoms with Gasteiger partial charge in [-0.15, -0.1) is 0 Å². The van der Waals surface area contributed by atoms with Crippen LogP contribution in [0.2, 0.25) is 0 Å². The quantitative estimate of drug-likeness (QED) is 0.202. The van der Waals surface area contributed by atoms with E-state index in [1.54, 1.807) is 0 Å². The minimum atomic E-state index is -0.464. The molecule has 6 aromatic carbocycles. The molecule has 0 saturated carbocycles. The lowest BCUT2D eigenvalue weighted by atomic mass is 9.67. The number of benzene rings is 6. The van der Waals surface area contributed by atoms with Crippen LogP contribution in [0.4, 0.5) is 0 Å². The predicted molar refractivity (Wildman–Crippen MR) is 166 cm³/mol. The summed E-state index contributed by atoms with van der Waals surface area (Å²) in [6.45, 7) is 0. The molecule has 0 atom stereocenters. The van der Waals surface area contributed by atoms with Gasteiger partial charge in [-0.25, -0.2) is 0 Å². The van der Waals surface area contributed by atoms with Crippen molar-refractivity contribution in [2.75, 3.05) is 0 Å². The number of aromatic nitrogens is 1. The highest BCUT2D eigenvalue weighted by Crippen LogP contribution is 2.58. The minimum Gasteiger partial charge on any atom is -0.309 e. The average Bonchev–Trinajstić information content (AvgIpc) is 3.49. The number of hydrogen-bond donors (Lipinski definition) is 0. The van der Waals surface area contributed by atoms with E-state index in [1.807, 2.05) is 0 Å². The number of hydrogen-bond acceptors (Lipinski definition) is 0. The topological polar surface area (TPSA) is 4.93 Å². The number of para-hydroxylation sites is 1. The van der Waals surface area contributed by atoms with Crippen LogP contribution in [-0.2, 0) is 5.41 Å². The molecule has 2 heteroatoms. The third kappa shape index (κ3) is 3.07. The van der Waals surface area contributed by atoms with Gasteiger partial charge in [-0.3, -0.25) is 0 Å². The van der Waals surface area contributed by atoms with Crippen molar-refractivity contribution in [1.29, 1.82) is 0 Å². The zero-order chi connectivity index (χ0) is 26.0. The van der Waals surface area contributed by atoms with Gasteiger partial charge in [-0.2, -0.15) is 0 Å². The first kappa shape index (κ1) is 22.6. The summed E-state index contributed by atoms with van der Waals surface area (Å²) in [7, 11) is 0. The summed E-state index contributed by atoms with van der Waals surface area (Å²) in [6, 6.07) is 53.2. The van der Waals surface area contributed by atoms with Crippen LogP contribution in [0, 0.1) is 0 Å². The summed E-state index contributed by atoms with van der Waals surface area (Å²) in [6.07, 6.45) is 0. The number of nitrogens with zero attached hydrogens (tertiary/aromatic N) is 1. The van der Waals surface area contributed by atoms with Crippen molar-refractivity contribution in [3.63, 3.8) is 0 Å². The maximum Gasteiger partial charge on any atom is 0.0734 e. The van der Waals surface area contributed by atoms with E-state index in [4.69, 9.17) is 0 Å². The first-order chi connectivity index (χ1) is 19.3. The second-order valence-corrected chi connectivity index (χ2v) is 11.2. The van der Waals surface area contributed by atoms with E-state index < -0.39 is 5.41 Å². The second-order valence-electron chi connectivity index (χ2n) is 10.2. The molecule has 0 radical (unpaired) electrons. The van der Waals surface area contributed by atoms with E-state index in [-0.39, 0.29) is 0 Å². The van der Waals surface area contributed by atoms with Gasteiger partial charge in [0.1, 0.15) is 0 Å². The van der Waals surface area contributed by atoms with Crippen molar-refractivity contribution in [2.45, 2.75) is 5.41 Å². The van der Waals surface area contributed by atoms with Crippen LogP contribution in [0.25, 0.3) is 38.6 Å². The predicted octanol–water partition coefficient (Wildman–Crippen LogP) is 9.91. The molecule has 0 amide bonds. The molecule has 39 heavy (non-hydrogen) atoms.